The number of hydrogen-bond donors (Lipinski definition) is 2. The molecule has 1 aromatic heterocycles. The van der Waals surface area contributed by atoms with Crippen LogP contribution in [0.2, 0.25) is 0 Å². The minimum absolute atomic E-state index is 0.0865. The molecule has 0 aliphatic rings. The smallest absolute Gasteiger partial charge is 0.240 e. The van der Waals surface area contributed by atoms with Crippen LogP contribution in [-0.4, -0.2) is 18.0 Å². The van der Waals surface area contributed by atoms with Gasteiger partial charge in [0.2, 0.25) is 11.8 Å². The Balaban J connectivity index is 1.70. The summed E-state index contributed by atoms with van der Waals surface area (Å²) in [7, 11) is 0. The molecule has 0 radical (unpaired) electrons. The zero-order valence-corrected chi connectivity index (χ0v) is 14.9. The third-order valence-corrected chi connectivity index (χ3v) is 4.31. The van der Waals surface area contributed by atoms with Gasteiger partial charge in [0.1, 0.15) is 0 Å². The average Bonchev–Trinajstić information content (AvgIpc) is 2.93. The van der Waals surface area contributed by atoms with Crippen LogP contribution in [0.15, 0.2) is 46.0 Å². The zero-order valence-electron chi connectivity index (χ0n) is 12.5. The normalized spacial score (nSPS) is 10.7. The van der Waals surface area contributed by atoms with Crippen molar-refractivity contribution in [2.45, 2.75) is 19.8 Å². The minimum atomic E-state index is -0.291. The topological polar surface area (TPSA) is 70.6 Å². The molecule has 0 spiro atoms. The Bertz CT molecular complexity index is 710. The van der Waals surface area contributed by atoms with Crippen molar-refractivity contribution in [3.05, 3.63) is 50.6 Å². The number of halogens is 1. The summed E-state index contributed by atoms with van der Waals surface area (Å²) >= 11 is 4.92. The van der Waals surface area contributed by atoms with Gasteiger partial charge in [-0.05, 0) is 43.3 Å². The summed E-state index contributed by atoms with van der Waals surface area (Å²) in [5, 5.41) is 6.61. The second-order valence-corrected chi connectivity index (χ2v) is 7.03. The number of benzene rings is 1. The van der Waals surface area contributed by atoms with Gasteiger partial charge in [0.15, 0.2) is 0 Å². The van der Waals surface area contributed by atoms with Crippen molar-refractivity contribution in [1.29, 1.82) is 0 Å². The number of carbonyl (C=O) groups excluding carboxylic acids is 2. The van der Waals surface area contributed by atoms with Crippen LogP contribution < -0.4 is 10.7 Å². The SMILES string of the molecule is Cc1ccc(/C=N\NC(=O)CCC(=O)Nc2ccc(Br)cc2)s1. The fraction of sp³-hybridized carbons (Fsp3) is 0.188. The lowest BCUT2D eigenvalue weighted by molar-refractivity contribution is -0.124. The van der Waals surface area contributed by atoms with E-state index in [0.717, 1.165) is 9.35 Å². The molecule has 7 heteroatoms. The van der Waals surface area contributed by atoms with Gasteiger partial charge >= 0.3 is 0 Å². The average molecular weight is 394 g/mol. The Kier molecular flexibility index (Phi) is 6.49. The van der Waals surface area contributed by atoms with Crippen LogP contribution in [0.5, 0.6) is 0 Å². The van der Waals surface area contributed by atoms with Gasteiger partial charge in [0, 0.05) is 32.8 Å². The number of aryl methyl sites for hydroxylation is 1. The van der Waals surface area contributed by atoms with Crippen LogP contribution in [-0.2, 0) is 9.59 Å². The molecular weight excluding hydrogens is 378 g/mol. The highest BCUT2D eigenvalue weighted by Crippen LogP contribution is 2.14. The molecular formula is C16H16BrN3O2S. The molecule has 0 fully saturated rings. The van der Waals surface area contributed by atoms with E-state index >= 15 is 0 Å². The summed E-state index contributed by atoms with van der Waals surface area (Å²) in [6, 6.07) is 11.2. The lowest BCUT2D eigenvalue weighted by Crippen LogP contribution is -2.20. The van der Waals surface area contributed by atoms with Gasteiger partial charge in [0.25, 0.3) is 0 Å². The second kappa shape index (κ2) is 8.59. The van der Waals surface area contributed by atoms with Crippen LogP contribution in [0.3, 0.4) is 0 Å². The lowest BCUT2D eigenvalue weighted by atomic mass is 10.2. The van der Waals surface area contributed by atoms with E-state index in [-0.39, 0.29) is 24.7 Å². The zero-order chi connectivity index (χ0) is 16.7. The second-order valence-electron chi connectivity index (χ2n) is 4.80. The number of amides is 2. The summed E-state index contributed by atoms with van der Waals surface area (Å²) < 4.78 is 0.939. The number of anilines is 1. The number of thiophene rings is 1. The number of carbonyl (C=O) groups is 2. The van der Waals surface area contributed by atoms with Crippen LogP contribution in [0.4, 0.5) is 5.69 Å². The standard InChI is InChI=1S/C16H16BrN3O2S/c1-11-2-7-14(23-11)10-18-20-16(22)9-8-15(21)19-13-5-3-12(17)4-6-13/h2-7,10H,8-9H2,1H3,(H,19,21)(H,20,22)/b18-10-. The molecule has 2 amide bonds. The molecule has 120 valence electrons. The fourth-order valence-electron chi connectivity index (χ4n) is 1.73. The maximum absolute atomic E-state index is 11.8. The first kappa shape index (κ1) is 17.4. The van der Waals surface area contributed by atoms with Crippen molar-refractivity contribution in [3.8, 4) is 0 Å². The maximum atomic E-state index is 11.8. The predicted octanol–water partition coefficient (Wildman–Crippen LogP) is 3.69. The first-order valence-electron chi connectivity index (χ1n) is 6.97. The van der Waals surface area contributed by atoms with Crippen molar-refractivity contribution in [2.75, 3.05) is 5.32 Å². The number of nitrogens with zero attached hydrogens (tertiary/aromatic N) is 1. The molecule has 2 aromatic rings. The van der Waals surface area contributed by atoms with Gasteiger partial charge in [-0.2, -0.15) is 5.10 Å². The first-order chi connectivity index (χ1) is 11.0. The molecule has 0 unspecified atom stereocenters. The summed E-state index contributed by atoms with van der Waals surface area (Å²) in [4.78, 5) is 25.5. The highest BCUT2D eigenvalue weighted by Gasteiger charge is 2.06. The summed E-state index contributed by atoms with van der Waals surface area (Å²) in [5.41, 5.74) is 3.12. The Labute approximate surface area is 146 Å². The Hall–Kier alpha value is -1.99. The van der Waals surface area contributed by atoms with E-state index in [0.29, 0.717) is 5.69 Å². The van der Waals surface area contributed by atoms with Gasteiger partial charge in [-0.15, -0.1) is 11.3 Å². The van der Waals surface area contributed by atoms with E-state index in [1.54, 1.807) is 29.7 Å². The molecule has 23 heavy (non-hydrogen) atoms. The molecule has 0 saturated heterocycles. The van der Waals surface area contributed by atoms with Crippen molar-refractivity contribution < 1.29 is 9.59 Å². The van der Waals surface area contributed by atoms with E-state index in [4.69, 9.17) is 0 Å². The molecule has 0 atom stereocenters. The third-order valence-electron chi connectivity index (χ3n) is 2.85. The van der Waals surface area contributed by atoms with E-state index in [9.17, 15) is 9.59 Å². The molecule has 1 heterocycles. The quantitative estimate of drug-likeness (QED) is 0.580. The monoisotopic (exact) mass is 393 g/mol. The Morgan fingerprint density at radius 1 is 1.13 bits per heavy atom. The Morgan fingerprint density at radius 3 is 2.48 bits per heavy atom. The van der Waals surface area contributed by atoms with Crippen molar-refractivity contribution in [1.82, 2.24) is 5.43 Å². The van der Waals surface area contributed by atoms with Gasteiger partial charge < -0.3 is 5.32 Å². The van der Waals surface area contributed by atoms with E-state index in [2.05, 4.69) is 31.8 Å². The summed E-state index contributed by atoms with van der Waals surface area (Å²) in [6.07, 6.45) is 1.79. The van der Waals surface area contributed by atoms with Gasteiger partial charge in [-0.25, -0.2) is 5.43 Å². The highest BCUT2D eigenvalue weighted by atomic mass is 79.9. The number of nitrogens with one attached hydrogen (secondary N) is 2. The van der Waals surface area contributed by atoms with E-state index in [1.807, 2.05) is 31.2 Å². The molecule has 0 aliphatic carbocycles. The molecule has 2 N–H and O–H groups in total. The summed E-state index contributed by atoms with van der Waals surface area (Å²) in [6.45, 7) is 2.00. The van der Waals surface area contributed by atoms with Crippen molar-refractivity contribution in [2.24, 2.45) is 5.10 Å². The van der Waals surface area contributed by atoms with E-state index in [1.165, 1.54) is 4.88 Å². The molecule has 0 aliphatic heterocycles. The molecule has 0 saturated carbocycles. The van der Waals surface area contributed by atoms with Gasteiger partial charge in [-0.1, -0.05) is 15.9 Å². The van der Waals surface area contributed by atoms with Crippen LogP contribution >= 0.6 is 27.3 Å². The van der Waals surface area contributed by atoms with Gasteiger partial charge in [-0.3, -0.25) is 9.59 Å². The van der Waals surface area contributed by atoms with Gasteiger partial charge in [0.05, 0.1) is 6.21 Å². The molecule has 0 bridgehead atoms. The largest absolute Gasteiger partial charge is 0.326 e. The molecule has 1 aromatic carbocycles. The molecule has 5 nitrogen and oxygen atoms in total. The van der Waals surface area contributed by atoms with Crippen LogP contribution in [0.25, 0.3) is 0 Å². The third kappa shape index (κ3) is 6.33. The highest BCUT2D eigenvalue weighted by molar-refractivity contribution is 9.10. The van der Waals surface area contributed by atoms with Crippen LogP contribution in [0.1, 0.15) is 22.6 Å². The number of hydrogen-bond acceptors (Lipinski definition) is 4. The summed E-state index contributed by atoms with van der Waals surface area (Å²) in [5.74, 6) is -0.499. The van der Waals surface area contributed by atoms with Crippen LogP contribution in [0, 0.1) is 6.92 Å². The first-order valence-corrected chi connectivity index (χ1v) is 8.57. The van der Waals surface area contributed by atoms with Crippen molar-refractivity contribution in [3.63, 3.8) is 0 Å². The minimum Gasteiger partial charge on any atom is -0.326 e. The van der Waals surface area contributed by atoms with E-state index < -0.39 is 0 Å². The maximum Gasteiger partial charge on any atom is 0.240 e. The number of hydrazone groups is 1. The Morgan fingerprint density at radius 2 is 1.83 bits per heavy atom. The fourth-order valence-corrected chi connectivity index (χ4v) is 2.74. The lowest BCUT2D eigenvalue weighted by Gasteiger charge is -2.04. The molecule has 2 rings (SSSR count). The number of rotatable bonds is 6. The van der Waals surface area contributed by atoms with Crippen molar-refractivity contribution >= 4 is 51.0 Å². The predicted molar refractivity (Wildman–Crippen MR) is 96.8 cm³/mol.